The third kappa shape index (κ3) is 1.91. The molecule has 1 aliphatic rings. The number of rotatable bonds is 4. The first-order valence-electron chi connectivity index (χ1n) is 5.63. The van der Waals surface area contributed by atoms with E-state index in [0.717, 1.165) is 4.90 Å². The minimum Gasteiger partial charge on any atom is -0.373 e. The fourth-order valence-corrected chi connectivity index (χ4v) is 3.97. The van der Waals surface area contributed by atoms with E-state index < -0.39 is 8.80 Å². The van der Waals surface area contributed by atoms with Crippen LogP contribution in [0, 0.1) is 0 Å². The molecular formula is C12H15NO5Si. The third-order valence-electron chi connectivity index (χ3n) is 3.25. The molecule has 7 heteroatoms. The molecule has 2 amide bonds. The standard InChI is InChI=1S/C12H15NO5Si/c1-13-11(14)9-6-5-8(7-10(9)12(13)15)19(16-2,17-3)18-4/h5-7H,1-4H3. The summed E-state index contributed by atoms with van der Waals surface area (Å²) in [6.07, 6.45) is 0. The van der Waals surface area contributed by atoms with E-state index in [4.69, 9.17) is 13.3 Å². The van der Waals surface area contributed by atoms with Gasteiger partial charge in [-0.05, 0) is 12.1 Å². The highest BCUT2D eigenvalue weighted by atomic mass is 28.4. The highest BCUT2D eigenvalue weighted by molar-refractivity contribution is 6.75. The Morgan fingerprint density at radius 1 is 0.947 bits per heavy atom. The fourth-order valence-electron chi connectivity index (χ4n) is 2.16. The fraction of sp³-hybridized carbons (Fsp3) is 0.333. The van der Waals surface area contributed by atoms with Crippen LogP contribution in [0.25, 0.3) is 0 Å². The first kappa shape index (κ1) is 13.9. The maximum atomic E-state index is 11.9. The van der Waals surface area contributed by atoms with Crippen LogP contribution in [0.5, 0.6) is 0 Å². The van der Waals surface area contributed by atoms with E-state index in [1.807, 2.05) is 0 Å². The Balaban J connectivity index is 2.54. The van der Waals surface area contributed by atoms with Crippen LogP contribution < -0.4 is 5.19 Å². The summed E-state index contributed by atoms with van der Waals surface area (Å²) in [5.74, 6) is -0.626. The van der Waals surface area contributed by atoms with E-state index in [1.54, 1.807) is 18.2 Å². The largest absolute Gasteiger partial charge is 0.536 e. The first-order valence-corrected chi connectivity index (χ1v) is 7.35. The van der Waals surface area contributed by atoms with Crippen molar-refractivity contribution >= 4 is 25.8 Å². The minimum absolute atomic E-state index is 0.300. The number of carbonyl (C=O) groups excluding carboxylic acids is 2. The van der Waals surface area contributed by atoms with Gasteiger partial charge in [0.1, 0.15) is 0 Å². The van der Waals surface area contributed by atoms with Gasteiger partial charge in [-0.1, -0.05) is 6.07 Å². The van der Waals surface area contributed by atoms with Crippen LogP contribution in [0.2, 0.25) is 0 Å². The molecule has 0 aliphatic carbocycles. The average molecular weight is 281 g/mol. The molecule has 0 atom stereocenters. The Labute approximate surface area is 112 Å². The molecule has 2 rings (SSSR count). The van der Waals surface area contributed by atoms with Crippen molar-refractivity contribution in [1.29, 1.82) is 0 Å². The Morgan fingerprint density at radius 3 is 2.00 bits per heavy atom. The molecule has 1 heterocycles. The molecule has 19 heavy (non-hydrogen) atoms. The average Bonchev–Trinajstić information content (AvgIpc) is 2.66. The first-order chi connectivity index (χ1) is 9.00. The van der Waals surface area contributed by atoms with Gasteiger partial charge < -0.3 is 13.3 Å². The van der Waals surface area contributed by atoms with Gasteiger partial charge in [-0.15, -0.1) is 0 Å². The Morgan fingerprint density at radius 2 is 1.47 bits per heavy atom. The van der Waals surface area contributed by atoms with Crippen LogP contribution in [0.1, 0.15) is 20.7 Å². The Hall–Kier alpha value is -1.54. The quantitative estimate of drug-likeness (QED) is 0.574. The summed E-state index contributed by atoms with van der Waals surface area (Å²) in [7, 11) is 2.94. The smallest absolute Gasteiger partial charge is 0.373 e. The van der Waals surface area contributed by atoms with Crippen molar-refractivity contribution in [3.05, 3.63) is 29.3 Å². The summed E-state index contributed by atoms with van der Waals surface area (Å²) in [6.45, 7) is 0. The summed E-state index contributed by atoms with van der Waals surface area (Å²) in [5, 5.41) is 0.648. The molecule has 0 aromatic heterocycles. The molecule has 6 nitrogen and oxygen atoms in total. The lowest BCUT2D eigenvalue weighted by atomic mass is 10.1. The normalized spacial score (nSPS) is 15.1. The molecule has 0 unspecified atom stereocenters. The number of hydrogen-bond donors (Lipinski definition) is 0. The van der Waals surface area contributed by atoms with Gasteiger partial charge in [0, 0.05) is 33.6 Å². The lowest BCUT2D eigenvalue weighted by Gasteiger charge is -2.24. The third-order valence-corrected chi connectivity index (χ3v) is 5.88. The van der Waals surface area contributed by atoms with Gasteiger partial charge in [0.15, 0.2) is 0 Å². The van der Waals surface area contributed by atoms with Crippen molar-refractivity contribution in [2.75, 3.05) is 28.4 Å². The lowest BCUT2D eigenvalue weighted by molar-refractivity contribution is 0.0693. The lowest BCUT2D eigenvalue weighted by Crippen LogP contribution is -2.54. The number of nitrogens with zero attached hydrogens (tertiary/aromatic N) is 1. The number of amides is 2. The summed E-state index contributed by atoms with van der Waals surface area (Å²) >= 11 is 0. The molecule has 0 saturated carbocycles. The molecule has 1 aromatic rings. The van der Waals surface area contributed by atoms with Crippen molar-refractivity contribution < 1.29 is 22.9 Å². The van der Waals surface area contributed by atoms with Crippen LogP contribution in [0.15, 0.2) is 18.2 Å². The SMILES string of the molecule is CO[Si](OC)(OC)c1ccc2c(c1)C(=O)N(C)C2=O. The monoisotopic (exact) mass is 281 g/mol. The highest BCUT2D eigenvalue weighted by Crippen LogP contribution is 2.21. The molecule has 0 spiro atoms. The van der Waals surface area contributed by atoms with Crippen LogP contribution in [0.4, 0.5) is 0 Å². The van der Waals surface area contributed by atoms with Gasteiger partial charge in [0.05, 0.1) is 11.1 Å². The van der Waals surface area contributed by atoms with E-state index in [9.17, 15) is 9.59 Å². The second kappa shape index (κ2) is 4.86. The Kier molecular flexibility index (Phi) is 3.55. The zero-order valence-corrected chi connectivity index (χ0v) is 12.2. The molecular weight excluding hydrogens is 266 g/mol. The van der Waals surface area contributed by atoms with Gasteiger partial charge in [0.2, 0.25) is 0 Å². The number of fused-ring (bicyclic) bond motifs is 1. The second-order valence-electron chi connectivity index (χ2n) is 4.10. The topological polar surface area (TPSA) is 65.1 Å². The Bertz CT molecular complexity index is 533. The van der Waals surface area contributed by atoms with E-state index in [2.05, 4.69) is 0 Å². The van der Waals surface area contributed by atoms with Crippen molar-refractivity contribution in [2.24, 2.45) is 0 Å². The van der Waals surface area contributed by atoms with Gasteiger partial charge in [-0.25, -0.2) is 0 Å². The molecule has 0 saturated heterocycles. The van der Waals surface area contributed by atoms with E-state index in [-0.39, 0.29) is 11.8 Å². The van der Waals surface area contributed by atoms with Crippen molar-refractivity contribution in [3.8, 4) is 0 Å². The second-order valence-corrected chi connectivity index (χ2v) is 7.01. The van der Waals surface area contributed by atoms with Gasteiger partial charge in [-0.3, -0.25) is 14.5 Å². The van der Waals surface area contributed by atoms with Gasteiger partial charge >= 0.3 is 8.80 Å². The molecule has 0 radical (unpaired) electrons. The number of imide groups is 1. The van der Waals surface area contributed by atoms with E-state index >= 15 is 0 Å². The summed E-state index contributed by atoms with van der Waals surface area (Å²) in [4.78, 5) is 24.8. The van der Waals surface area contributed by atoms with Crippen LogP contribution in [-0.2, 0) is 13.3 Å². The number of carbonyl (C=O) groups is 2. The van der Waals surface area contributed by atoms with Crippen LogP contribution in [0.3, 0.4) is 0 Å². The predicted octanol–water partition coefficient (Wildman–Crippen LogP) is -0.00250. The number of hydrogen-bond acceptors (Lipinski definition) is 5. The maximum Gasteiger partial charge on any atom is 0.536 e. The van der Waals surface area contributed by atoms with Crippen molar-refractivity contribution in [1.82, 2.24) is 4.90 Å². The molecule has 102 valence electrons. The van der Waals surface area contributed by atoms with E-state index in [0.29, 0.717) is 16.3 Å². The van der Waals surface area contributed by atoms with Crippen LogP contribution >= 0.6 is 0 Å². The molecule has 0 bridgehead atoms. The highest BCUT2D eigenvalue weighted by Gasteiger charge is 2.43. The van der Waals surface area contributed by atoms with Gasteiger partial charge in [-0.2, -0.15) is 0 Å². The number of benzene rings is 1. The molecule has 0 N–H and O–H groups in total. The molecule has 1 aromatic carbocycles. The molecule has 1 aliphatic heterocycles. The maximum absolute atomic E-state index is 11.9. The molecule has 0 fully saturated rings. The minimum atomic E-state index is -2.99. The van der Waals surface area contributed by atoms with Crippen LogP contribution in [-0.4, -0.2) is 53.9 Å². The van der Waals surface area contributed by atoms with E-state index in [1.165, 1.54) is 28.4 Å². The summed E-state index contributed by atoms with van der Waals surface area (Å²) in [5.41, 5.74) is 0.746. The predicted molar refractivity (Wildman–Crippen MR) is 69.3 cm³/mol. The summed E-state index contributed by atoms with van der Waals surface area (Å²) < 4.78 is 16.1. The summed E-state index contributed by atoms with van der Waals surface area (Å²) in [6, 6.07) is 4.92. The van der Waals surface area contributed by atoms with Crippen molar-refractivity contribution in [3.63, 3.8) is 0 Å². The van der Waals surface area contributed by atoms with Gasteiger partial charge in [0.25, 0.3) is 11.8 Å². The zero-order valence-electron chi connectivity index (χ0n) is 11.2. The zero-order chi connectivity index (χ0) is 14.2. The van der Waals surface area contributed by atoms with Crippen molar-refractivity contribution in [2.45, 2.75) is 0 Å².